The van der Waals surface area contributed by atoms with E-state index in [4.69, 9.17) is 19.4 Å². The summed E-state index contributed by atoms with van der Waals surface area (Å²) < 4.78 is 11.8. The predicted molar refractivity (Wildman–Crippen MR) is 125 cm³/mol. The van der Waals surface area contributed by atoms with Crippen molar-refractivity contribution >= 4 is 23.7 Å². The first kappa shape index (κ1) is 24.6. The van der Waals surface area contributed by atoms with Crippen molar-refractivity contribution in [3.8, 4) is 0 Å². The Labute approximate surface area is 200 Å². The standard InChI is InChI=1S/C23H35N3O3S.CH2O2/c1-16-21(30-17(2)24-16)13-25-7-3-19-18(12-25)14-29-20(19)11-22(27)26-8-4-23(5-9-26)6-10-28-15-23;2-1-3/h18-20H,3-15H2,1-2H3;1H,(H,2,3)/t18-,19-,20+;/m1./s1. The van der Waals surface area contributed by atoms with E-state index in [9.17, 15) is 4.79 Å². The van der Waals surface area contributed by atoms with Gasteiger partial charge in [0.2, 0.25) is 5.91 Å². The van der Waals surface area contributed by atoms with Crippen molar-refractivity contribution in [1.82, 2.24) is 14.8 Å². The van der Waals surface area contributed by atoms with Crippen LogP contribution in [0, 0.1) is 31.1 Å². The molecule has 4 fully saturated rings. The number of aromatic nitrogens is 1. The number of carboxylic acid groups (broad SMARTS) is 1. The summed E-state index contributed by atoms with van der Waals surface area (Å²) >= 11 is 1.82. The normalized spacial score (nSPS) is 28.9. The minimum Gasteiger partial charge on any atom is -0.483 e. The van der Waals surface area contributed by atoms with Gasteiger partial charge < -0.3 is 19.5 Å². The van der Waals surface area contributed by atoms with Crippen molar-refractivity contribution < 1.29 is 24.2 Å². The number of nitrogens with zero attached hydrogens (tertiary/aromatic N) is 3. The lowest BCUT2D eigenvalue weighted by molar-refractivity contribution is -0.136. The Bertz CT molecular complexity index is 815. The third-order valence-electron chi connectivity index (χ3n) is 7.98. The average Bonchev–Trinajstić information content (AvgIpc) is 3.49. The smallest absolute Gasteiger partial charge is 0.290 e. The van der Waals surface area contributed by atoms with Crippen molar-refractivity contribution in [3.05, 3.63) is 15.6 Å². The van der Waals surface area contributed by atoms with Gasteiger partial charge in [-0.25, -0.2) is 4.98 Å². The molecule has 3 atom stereocenters. The molecule has 8 nitrogen and oxygen atoms in total. The molecule has 4 aliphatic heterocycles. The highest BCUT2D eigenvalue weighted by atomic mass is 32.1. The van der Waals surface area contributed by atoms with Crippen LogP contribution in [-0.4, -0.2) is 84.4 Å². The molecular formula is C24H37N3O5S. The molecule has 4 saturated heterocycles. The van der Waals surface area contributed by atoms with E-state index < -0.39 is 0 Å². The van der Waals surface area contributed by atoms with Crippen LogP contribution in [0.2, 0.25) is 0 Å². The van der Waals surface area contributed by atoms with Crippen molar-refractivity contribution in [2.75, 3.05) is 46.0 Å². The van der Waals surface area contributed by atoms with Crippen LogP contribution < -0.4 is 0 Å². The van der Waals surface area contributed by atoms with Crippen LogP contribution in [0.15, 0.2) is 0 Å². The van der Waals surface area contributed by atoms with Crippen LogP contribution in [0.25, 0.3) is 0 Å². The van der Waals surface area contributed by atoms with Crippen molar-refractivity contribution in [3.63, 3.8) is 0 Å². The van der Waals surface area contributed by atoms with Gasteiger partial charge in [0.1, 0.15) is 0 Å². The Morgan fingerprint density at radius 1 is 1.27 bits per heavy atom. The maximum atomic E-state index is 13.0. The van der Waals surface area contributed by atoms with Crippen LogP contribution in [0.5, 0.6) is 0 Å². The van der Waals surface area contributed by atoms with Crippen LogP contribution in [-0.2, 0) is 25.6 Å². The molecule has 0 bridgehead atoms. The van der Waals surface area contributed by atoms with Crippen LogP contribution >= 0.6 is 11.3 Å². The van der Waals surface area contributed by atoms with Gasteiger partial charge in [-0.1, -0.05) is 0 Å². The molecule has 1 aromatic heterocycles. The van der Waals surface area contributed by atoms with E-state index >= 15 is 0 Å². The molecule has 0 unspecified atom stereocenters. The number of piperidine rings is 2. The number of hydrogen-bond donors (Lipinski definition) is 1. The summed E-state index contributed by atoms with van der Waals surface area (Å²) in [4.78, 5) is 32.0. The Balaban J connectivity index is 0.000000821. The molecule has 1 N–H and O–H groups in total. The molecule has 1 aromatic rings. The number of rotatable bonds is 4. The summed E-state index contributed by atoms with van der Waals surface area (Å²) in [6, 6.07) is 0. The maximum Gasteiger partial charge on any atom is 0.290 e. The molecule has 1 amide bonds. The zero-order valence-corrected chi connectivity index (χ0v) is 20.6. The first-order valence-electron chi connectivity index (χ1n) is 12.1. The summed E-state index contributed by atoms with van der Waals surface area (Å²) in [7, 11) is 0. The van der Waals surface area contributed by atoms with Gasteiger partial charge in [0.05, 0.1) is 36.4 Å². The van der Waals surface area contributed by atoms with Crippen LogP contribution in [0.4, 0.5) is 0 Å². The molecule has 1 spiro atoms. The lowest BCUT2D eigenvalue weighted by atomic mass is 9.78. The van der Waals surface area contributed by atoms with Gasteiger partial charge >= 0.3 is 0 Å². The highest BCUT2D eigenvalue weighted by Crippen LogP contribution is 2.40. The van der Waals surface area contributed by atoms with Crippen molar-refractivity contribution in [1.29, 1.82) is 0 Å². The minimum atomic E-state index is -0.250. The van der Waals surface area contributed by atoms with E-state index in [2.05, 4.69) is 28.6 Å². The Hall–Kier alpha value is -1.55. The lowest BCUT2D eigenvalue weighted by Gasteiger charge is -2.39. The number of amides is 1. The zero-order valence-electron chi connectivity index (χ0n) is 19.8. The zero-order chi connectivity index (χ0) is 23.4. The second kappa shape index (κ2) is 10.8. The first-order valence-corrected chi connectivity index (χ1v) is 12.9. The number of thiazole rings is 1. The van der Waals surface area contributed by atoms with Crippen LogP contribution in [0.1, 0.15) is 47.7 Å². The second-order valence-electron chi connectivity index (χ2n) is 10.1. The SMILES string of the molecule is Cc1nc(C)c(CN2CC[C@@H]3[C@@H](CO[C@H]3CC(=O)N3CCC4(CCOC4)CC3)C2)s1.O=CO. The molecule has 0 aromatic carbocycles. The minimum absolute atomic E-state index is 0.114. The van der Waals surface area contributed by atoms with E-state index in [0.29, 0.717) is 29.6 Å². The average molecular weight is 480 g/mol. The fourth-order valence-corrected chi connectivity index (χ4v) is 6.99. The van der Waals surface area contributed by atoms with Gasteiger partial charge in [0, 0.05) is 43.6 Å². The quantitative estimate of drug-likeness (QED) is 0.664. The number of carbonyl (C=O) groups is 2. The number of ether oxygens (including phenoxy) is 2. The Kier molecular flexibility index (Phi) is 8.04. The fourth-order valence-electron chi connectivity index (χ4n) is 6.01. The second-order valence-corrected chi connectivity index (χ2v) is 11.3. The van der Waals surface area contributed by atoms with E-state index in [0.717, 1.165) is 76.8 Å². The molecule has 5 heterocycles. The van der Waals surface area contributed by atoms with Gasteiger partial charge in [-0.05, 0) is 57.4 Å². The molecule has 33 heavy (non-hydrogen) atoms. The molecular weight excluding hydrogens is 442 g/mol. The number of likely N-dealkylation sites (tertiary alicyclic amines) is 2. The first-order chi connectivity index (χ1) is 15.9. The highest BCUT2D eigenvalue weighted by molar-refractivity contribution is 7.11. The molecule has 184 valence electrons. The molecule has 0 saturated carbocycles. The van der Waals surface area contributed by atoms with E-state index in [-0.39, 0.29) is 12.6 Å². The third kappa shape index (κ3) is 5.75. The number of carbonyl (C=O) groups excluding carboxylic acids is 1. The molecule has 0 radical (unpaired) electrons. The highest BCUT2D eigenvalue weighted by Gasteiger charge is 2.43. The summed E-state index contributed by atoms with van der Waals surface area (Å²) in [5, 5.41) is 8.05. The number of fused-ring (bicyclic) bond motifs is 1. The third-order valence-corrected chi connectivity index (χ3v) is 9.04. The monoisotopic (exact) mass is 479 g/mol. The summed E-state index contributed by atoms with van der Waals surface area (Å²) in [5.74, 6) is 1.40. The summed E-state index contributed by atoms with van der Waals surface area (Å²) in [6.45, 7) is 11.5. The fraction of sp³-hybridized carbons (Fsp3) is 0.792. The topological polar surface area (TPSA) is 92.2 Å². The lowest BCUT2D eigenvalue weighted by Crippen LogP contribution is -2.45. The van der Waals surface area contributed by atoms with E-state index in [1.54, 1.807) is 0 Å². The molecule has 0 aliphatic carbocycles. The number of hydrogen-bond acceptors (Lipinski definition) is 7. The maximum absolute atomic E-state index is 13.0. The largest absolute Gasteiger partial charge is 0.483 e. The molecule has 5 rings (SSSR count). The van der Waals surface area contributed by atoms with Gasteiger partial charge in [0.25, 0.3) is 6.47 Å². The summed E-state index contributed by atoms with van der Waals surface area (Å²) in [5.41, 5.74) is 1.53. The van der Waals surface area contributed by atoms with Gasteiger partial charge in [-0.2, -0.15) is 0 Å². The molecule has 9 heteroatoms. The van der Waals surface area contributed by atoms with Gasteiger partial charge in [-0.15, -0.1) is 11.3 Å². The van der Waals surface area contributed by atoms with Gasteiger partial charge in [-0.3, -0.25) is 14.5 Å². The van der Waals surface area contributed by atoms with Gasteiger partial charge in [0.15, 0.2) is 0 Å². The van der Waals surface area contributed by atoms with Crippen molar-refractivity contribution in [2.45, 2.75) is 58.6 Å². The van der Waals surface area contributed by atoms with E-state index in [1.807, 2.05) is 11.3 Å². The predicted octanol–water partition coefficient (Wildman–Crippen LogP) is 2.72. The van der Waals surface area contributed by atoms with Crippen LogP contribution in [0.3, 0.4) is 0 Å². The Morgan fingerprint density at radius 3 is 2.67 bits per heavy atom. The number of aryl methyl sites for hydroxylation is 2. The Morgan fingerprint density at radius 2 is 2.03 bits per heavy atom. The molecule has 4 aliphatic rings. The van der Waals surface area contributed by atoms with Crippen molar-refractivity contribution in [2.24, 2.45) is 17.3 Å². The van der Waals surface area contributed by atoms with E-state index in [1.165, 1.54) is 17.0 Å². The summed E-state index contributed by atoms with van der Waals surface area (Å²) in [6.07, 6.45) is 5.19.